The van der Waals surface area contributed by atoms with Crippen molar-refractivity contribution in [3.8, 4) is 0 Å². The summed E-state index contributed by atoms with van der Waals surface area (Å²) in [4.78, 5) is 4.47. The fraction of sp³-hybridized carbons (Fsp3) is 0.897. The van der Waals surface area contributed by atoms with E-state index in [0.717, 1.165) is 48.3 Å². The number of hydrogen-bond acceptors (Lipinski definition) is 1. The van der Waals surface area contributed by atoms with E-state index in [9.17, 15) is 5.11 Å². The summed E-state index contributed by atoms with van der Waals surface area (Å²) >= 11 is 7.23. The molecule has 0 heterocycles. The van der Waals surface area contributed by atoms with Gasteiger partial charge in [0.05, 0.1) is 5.60 Å². The molecular weight excluding hydrogens is 644 g/mol. The fourth-order valence-electron chi connectivity index (χ4n) is 10.5. The predicted molar refractivity (Wildman–Crippen MR) is 192 cm³/mol. The van der Waals surface area contributed by atoms with E-state index in [1.54, 1.807) is 11.1 Å². The van der Waals surface area contributed by atoms with Gasteiger partial charge in [0.2, 0.25) is 0 Å². The molecule has 244 valence electrons. The maximum absolute atomic E-state index is 9.89. The van der Waals surface area contributed by atoms with Crippen molar-refractivity contribution in [1.29, 1.82) is 0 Å². The molecule has 4 rings (SSSR count). The summed E-state index contributed by atoms with van der Waals surface area (Å²) in [6.45, 7) is 21.1. The van der Waals surface area contributed by atoms with Gasteiger partial charge in [-0.15, -0.1) is 0 Å². The monoisotopic (exact) mass is 710 g/mol. The van der Waals surface area contributed by atoms with E-state index in [1.165, 1.54) is 89.9 Å². The molecule has 0 aromatic rings. The molecule has 4 aliphatic carbocycles. The molecule has 0 radical (unpaired) electrons. The highest BCUT2D eigenvalue weighted by molar-refractivity contribution is 9.11. The van der Waals surface area contributed by atoms with E-state index >= 15 is 0 Å². The Hall–Kier alpha value is 0.400. The summed E-state index contributed by atoms with van der Waals surface area (Å²) in [6, 6.07) is 0. The second-order valence-corrected chi connectivity index (χ2v) is 18.6. The quantitative estimate of drug-likeness (QED) is 0.252. The SMILES string of the molecule is C[C@H](CCCC(C)(C)C)[C@H]1CC[C@H]2/C(=C/Br)CCC[C@]12C.C[C@H](CCCC(C)(C)O)[C@H]1CC[C@H]2/C(=C/Br)CCC[C@]12C. The molecule has 3 heteroatoms. The van der Waals surface area contributed by atoms with E-state index in [2.05, 4.69) is 90.3 Å². The van der Waals surface area contributed by atoms with Crippen LogP contribution in [0.2, 0.25) is 0 Å². The maximum atomic E-state index is 9.89. The Balaban J connectivity index is 0.000000230. The Morgan fingerprint density at radius 2 is 1.14 bits per heavy atom. The molecule has 42 heavy (non-hydrogen) atoms. The highest BCUT2D eigenvalue weighted by Gasteiger charge is 2.51. The Bertz CT molecular complexity index is 832. The first-order valence-electron chi connectivity index (χ1n) is 17.9. The van der Waals surface area contributed by atoms with E-state index in [1.807, 2.05) is 13.8 Å². The van der Waals surface area contributed by atoms with Crippen molar-refractivity contribution >= 4 is 31.9 Å². The van der Waals surface area contributed by atoms with Gasteiger partial charge in [-0.25, -0.2) is 0 Å². The average Bonchev–Trinajstić information content (AvgIpc) is 3.44. The van der Waals surface area contributed by atoms with Crippen molar-refractivity contribution in [2.45, 2.75) is 171 Å². The summed E-state index contributed by atoms with van der Waals surface area (Å²) in [5.74, 6) is 5.18. The van der Waals surface area contributed by atoms with Crippen molar-refractivity contribution < 1.29 is 5.11 Å². The van der Waals surface area contributed by atoms with Gasteiger partial charge in [0, 0.05) is 0 Å². The second kappa shape index (κ2) is 15.3. The van der Waals surface area contributed by atoms with Crippen LogP contribution in [0.3, 0.4) is 0 Å². The first kappa shape index (κ1) is 36.9. The third-order valence-electron chi connectivity index (χ3n) is 12.8. The topological polar surface area (TPSA) is 20.2 Å². The summed E-state index contributed by atoms with van der Waals surface area (Å²) < 4.78 is 0. The molecule has 4 aliphatic rings. The molecule has 0 amide bonds. The van der Waals surface area contributed by atoms with Crippen LogP contribution in [0.5, 0.6) is 0 Å². The van der Waals surface area contributed by atoms with Crippen molar-refractivity contribution in [2.24, 2.45) is 51.8 Å². The van der Waals surface area contributed by atoms with Gasteiger partial charge in [-0.3, -0.25) is 0 Å². The van der Waals surface area contributed by atoms with Gasteiger partial charge in [0.1, 0.15) is 0 Å². The highest BCUT2D eigenvalue weighted by atomic mass is 79.9. The van der Waals surface area contributed by atoms with Crippen molar-refractivity contribution in [2.75, 3.05) is 0 Å². The van der Waals surface area contributed by atoms with Gasteiger partial charge in [-0.05, 0) is 153 Å². The Morgan fingerprint density at radius 3 is 1.50 bits per heavy atom. The molecule has 8 atom stereocenters. The smallest absolute Gasteiger partial charge is 0.0591 e. The lowest BCUT2D eigenvalue weighted by Gasteiger charge is -2.44. The zero-order valence-electron chi connectivity index (χ0n) is 29.1. The minimum Gasteiger partial charge on any atom is -0.390 e. The lowest BCUT2D eigenvalue weighted by molar-refractivity contribution is 0.0597. The van der Waals surface area contributed by atoms with E-state index in [4.69, 9.17) is 0 Å². The number of halogens is 2. The van der Waals surface area contributed by atoms with Crippen LogP contribution in [0.1, 0.15) is 165 Å². The number of rotatable bonds is 9. The molecule has 0 saturated heterocycles. The van der Waals surface area contributed by atoms with Crippen LogP contribution in [-0.4, -0.2) is 10.7 Å². The molecule has 4 fully saturated rings. The van der Waals surface area contributed by atoms with Crippen LogP contribution in [0.4, 0.5) is 0 Å². The summed E-state index contributed by atoms with van der Waals surface area (Å²) in [6.07, 6.45) is 21.5. The van der Waals surface area contributed by atoms with Crippen molar-refractivity contribution in [3.05, 3.63) is 21.1 Å². The van der Waals surface area contributed by atoms with E-state index in [0.29, 0.717) is 16.2 Å². The normalized spacial score (nSPS) is 36.8. The first-order valence-corrected chi connectivity index (χ1v) is 19.7. The fourth-order valence-corrected chi connectivity index (χ4v) is 11.6. The molecular formula is C39H68Br2O. The van der Waals surface area contributed by atoms with Crippen LogP contribution in [0.15, 0.2) is 21.1 Å². The van der Waals surface area contributed by atoms with Crippen molar-refractivity contribution in [3.63, 3.8) is 0 Å². The number of aliphatic hydroxyl groups is 1. The van der Waals surface area contributed by atoms with Crippen LogP contribution >= 0.6 is 31.9 Å². The summed E-state index contributed by atoms with van der Waals surface area (Å²) in [7, 11) is 0. The molecule has 4 saturated carbocycles. The van der Waals surface area contributed by atoms with Gasteiger partial charge in [0.25, 0.3) is 0 Å². The zero-order chi connectivity index (χ0) is 31.3. The Kier molecular flexibility index (Phi) is 13.5. The van der Waals surface area contributed by atoms with Gasteiger partial charge in [-0.2, -0.15) is 0 Å². The summed E-state index contributed by atoms with van der Waals surface area (Å²) in [5, 5.41) is 9.89. The number of hydrogen-bond donors (Lipinski definition) is 1. The first-order chi connectivity index (χ1) is 19.6. The maximum Gasteiger partial charge on any atom is 0.0591 e. The van der Waals surface area contributed by atoms with Crippen LogP contribution in [-0.2, 0) is 0 Å². The number of allylic oxidation sites excluding steroid dienone is 2. The molecule has 1 N–H and O–H groups in total. The lowest BCUT2D eigenvalue weighted by Crippen LogP contribution is -2.36. The van der Waals surface area contributed by atoms with Gasteiger partial charge < -0.3 is 5.11 Å². The zero-order valence-corrected chi connectivity index (χ0v) is 32.3. The molecule has 0 spiro atoms. The molecule has 0 aromatic carbocycles. The van der Waals surface area contributed by atoms with Crippen LogP contribution in [0, 0.1) is 51.8 Å². The molecule has 0 aromatic heterocycles. The number of fused-ring (bicyclic) bond motifs is 2. The second-order valence-electron chi connectivity index (χ2n) is 17.7. The van der Waals surface area contributed by atoms with Gasteiger partial charge in [-0.1, -0.05) is 117 Å². The standard InChI is InChI=1S/C20H35Br.C19H33BrO/c1-15(8-6-12-19(2,3)4)17-10-11-18-16(14-21)9-7-13-20(17,18)5;1-14(7-5-11-18(2,3)21)16-9-10-17-15(13-20)8-6-12-19(16,17)4/h14-15,17-18H,6-13H2,1-5H3;13-14,16-17,21H,5-12H2,1-4H3/b16-14+;15-13+/t15-,17-,18+,20-;14-,16-,17+,19-/m11/s1. The Labute approximate surface area is 279 Å². The summed E-state index contributed by atoms with van der Waals surface area (Å²) in [5.41, 5.74) is 4.46. The molecule has 1 nitrogen and oxygen atoms in total. The highest BCUT2D eigenvalue weighted by Crippen LogP contribution is 2.61. The third kappa shape index (κ3) is 9.24. The van der Waals surface area contributed by atoms with E-state index < -0.39 is 5.60 Å². The van der Waals surface area contributed by atoms with Crippen LogP contribution < -0.4 is 0 Å². The van der Waals surface area contributed by atoms with Gasteiger partial charge in [0.15, 0.2) is 0 Å². The third-order valence-corrected chi connectivity index (χ3v) is 13.9. The van der Waals surface area contributed by atoms with E-state index in [-0.39, 0.29) is 0 Å². The van der Waals surface area contributed by atoms with Crippen LogP contribution in [0.25, 0.3) is 0 Å². The Morgan fingerprint density at radius 1 is 0.738 bits per heavy atom. The average molecular weight is 713 g/mol. The molecule has 0 bridgehead atoms. The van der Waals surface area contributed by atoms with Gasteiger partial charge >= 0.3 is 0 Å². The lowest BCUT2D eigenvalue weighted by atomic mass is 9.61. The van der Waals surface area contributed by atoms with Crippen molar-refractivity contribution in [1.82, 2.24) is 0 Å². The minimum absolute atomic E-state index is 0.499. The predicted octanol–water partition coefficient (Wildman–Crippen LogP) is 13.4. The minimum atomic E-state index is -0.501. The largest absolute Gasteiger partial charge is 0.390 e. The molecule has 0 aliphatic heterocycles. The molecule has 0 unspecified atom stereocenters.